The number of fused-ring (bicyclic) bond motifs is 2. The molecule has 4 aromatic rings. The van der Waals surface area contributed by atoms with Gasteiger partial charge in [-0.15, -0.1) is 0 Å². The summed E-state index contributed by atoms with van der Waals surface area (Å²) in [4.78, 5) is 19.0. The van der Waals surface area contributed by atoms with E-state index in [1.54, 1.807) is 6.33 Å². The number of nitrogens with two attached hydrogens (primary N) is 1. The van der Waals surface area contributed by atoms with Crippen LogP contribution in [-0.4, -0.2) is 28.0 Å². The first-order chi connectivity index (χ1) is 14.6. The second-order valence-corrected chi connectivity index (χ2v) is 7.28. The van der Waals surface area contributed by atoms with Crippen molar-refractivity contribution < 1.29 is 13.8 Å². The maximum Gasteiger partial charge on any atom is 0.344 e. The number of aromatic amines is 2. The minimum atomic E-state index is -0.576. The van der Waals surface area contributed by atoms with Gasteiger partial charge in [-0.3, -0.25) is 0 Å². The molecule has 0 unspecified atom stereocenters. The second kappa shape index (κ2) is 7.25. The molecule has 1 aliphatic rings. The molecule has 0 radical (unpaired) electrons. The third-order valence-electron chi connectivity index (χ3n) is 5.35. The van der Waals surface area contributed by atoms with Gasteiger partial charge in [0, 0.05) is 36.0 Å². The molecule has 152 valence electrons. The van der Waals surface area contributed by atoms with Crippen molar-refractivity contribution in [3.8, 4) is 0 Å². The normalized spacial score (nSPS) is 14.1. The van der Waals surface area contributed by atoms with E-state index in [4.69, 9.17) is 5.73 Å². The van der Waals surface area contributed by atoms with Crippen LogP contribution in [0.15, 0.2) is 48.8 Å². The quantitative estimate of drug-likeness (QED) is 0.544. The zero-order chi connectivity index (χ0) is 20.7. The Balaban J connectivity index is 1.51. The number of nitrogen functional groups attached to an aromatic ring is 1. The van der Waals surface area contributed by atoms with Gasteiger partial charge < -0.3 is 20.5 Å². The molecular formula is C21H20F2N7+. The topological polar surface area (TPSA) is 88.2 Å². The van der Waals surface area contributed by atoms with E-state index in [1.807, 2.05) is 18.2 Å². The first-order valence-corrected chi connectivity index (χ1v) is 9.62. The lowest BCUT2D eigenvalue weighted by Crippen LogP contribution is -2.35. The monoisotopic (exact) mass is 408 g/mol. The molecule has 0 bridgehead atoms. The molecule has 2 aromatic carbocycles. The maximum atomic E-state index is 14.3. The number of rotatable bonds is 3. The summed E-state index contributed by atoms with van der Waals surface area (Å²) in [6.07, 6.45) is 1.59. The van der Waals surface area contributed by atoms with Crippen LogP contribution in [0.25, 0.3) is 11.2 Å². The Morgan fingerprint density at radius 3 is 2.87 bits per heavy atom. The third kappa shape index (κ3) is 3.28. The Kier molecular flexibility index (Phi) is 4.42. The highest BCUT2D eigenvalue weighted by atomic mass is 19.1. The van der Waals surface area contributed by atoms with E-state index in [0.29, 0.717) is 37.4 Å². The van der Waals surface area contributed by atoms with Gasteiger partial charge in [0.1, 0.15) is 11.6 Å². The Bertz CT molecular complexity index is 1220. The van der Waals surface area contributed by atoms with Crippen molar-refractivity contribution >= 4 is 28.6 Å². The molecule has 2 aromatic heterocycles. The number of H-pyrrole nitrogens is 2. The minimum absolute atomic E-state index is 0.285. The number of imidazole rings is 1. The van der Waals surface area contributed by atoms with Gasteiger partial charge in [-0.05, 0) is 12.1 Å². The van der Waals surface area contributed by atoms with E-state index in [2.05, 4.69) is 35.8 Å². The summed E-state index contributed by atoms with van der Waals surface area (Å²) in [5.74, 6) is -0.0249. The van der Waals surface area contributed by atoms with Gasteiger partial charge >= 0.3 is 5.95 Å². The van der Waals surface area contributed by atoms with E-state index in [9.17, 15) is 8.78 Å². The summed E-state index contributed by atoms with van der Waals surface area (Å²) in [7, 11) is 0. The van der Waals surface area contributed by atoms with Crippen LogP contribution < -0.4 is 20.5 Å². The highest BCUT2D eigenvalue weighted by molar-refractivity contribution is 5.81. The molecule has 5 rings (SSSR count). The molecule has 0 fully saturated rings. The van der Waals surface area contributed by atoms with Gasteiger partial charge in [0.2, 0.25) is 11.5 Å². The Morgan fingerprint density at radius 1 is 1.13 bits per heavy atom. The summed E-state index contributed by atoms with van der Waals surface area (Å²) in [6, 6.07) is 11.7. The van der Waals surface area contributed by atoms with Gasteiger partial charge in [0.25, 0.3) is 0 Å². The number of aromatic nitrogens is 4. The number of halogens is 2. The molecule has 1 aliphatic heterocycles. The first-order valence-electron chi connectivity index (χ1n) is 9.62. The predicted molar refractivity (Wildman–Crippen MR) is 110 cm³/mol. The van der Waals surface area contributed by atoms with Crippen LogP contribution in [0.5, 0.6) is 0 Å². The molecule has 9 heteroatoms. The number of para-hydroxylation sites is 1. The smallest absolute Gasteiger partial charge is 0.344 e. The summed E-state index contributed by atoms with van der Waals surface area (Å²) in [6.45, 7) is 2.27. The van der Waals surface area contributed by atoms with Gasteiger partial charge in [0.15, 0.2) is 5.52 Å². The molecule has 0 aliphatic carbocycles. The SMILES string of the molecule is Nc1nc2nc[nH]c2c(N2CCN(Cc3ccc(F)cc3F)c3ccccc3C2)[nH+]1. The van der Waals surface area contributed by atoms with Crippen LogP contribution in [0.1, 0.15) is 11.1 Å². The van der Waals surface area contributed by atoms with E-state index in [0.717, 1.165) is 28.7 Å². The zero-order valence-corrected chi connectivity index (χ0v) is 16.1. The van der Waals surface area contributed by atoms with Crippen LogP contribution >= 0.6 is 0 Å². The van der Waals surface area contributed by atoms with Crippen molar-refractivity contribution in [3.05, 3.63) is 71.6 Å². The number of nitrogens with zero attached hydrogens (tertiary/aromatic N) is 4. The minimum Gasteiger partial charge on any atom is -0.364 e. The molecule has 3 heterocycles. The second-order valence-electron chi connectivity index (χ2n) is 7.28. The first kappa shape index (κ1) is 18.3. The van der Waals surface area contributed by atoms with Crippen molar-refractivity contribution in [1.29, 1.82) is 0 Å². The van der Waals surface area contributed by atoms with E-state index >= 15 is 0 Å². The number of hydrogen-bond donors (Lipinski definition) is 2. The van der Waals surface area contributed by atoms with Gasteiger partial charge in [0.05, 0.1) is 19.4 Å². The number of benzene rings is 2. The molecule has 0 atom stereocenters. The molecule has 0 saturated heterocycles. The molecule has 4 N–H and O–H groups in total. The lowest BCUT2D eigenvalue weighted by Gasteiger charge is -2.24. The van der Waals surface area contributed by atoms with Crippen LogP contribution in [0.3, 0.4) is 0 Å². The van der Waals surface area contributed by atoms with Gasteiger partial charge in [-0.25, -0.2) is 18.7 Å². The number of anilines is 3. The maximum absolute atomic E-state index is 14.3. The van der Waals surface area contributed by atoms with Crippen molar-refractivity contribution in [2.75, 3.05) is 28.6 Å². The van der Waals surface area contributed by atoms with E-state index in [-0.39, 0.29) is 5.95 Å². The number of hydrogen-bond acceptors (Lipinski definition) is 5. The molecule has 0 amide bonds. The largest absolute Gasteiger partial charge is 0.364 e. The van der Waals surface area contributed by atoms with Crippen molar-refractivity contribution in [2.24, 2.45) is 0 Å². The average Bonchev–Trinajstić information content (AvgIpc) is 3.12. The Morgan fingerprint density at radius 2 is 2.00 bits per heavy atom. The fraction of sp³-hybridized carbons (Fsp3) is 0.190. The van der Waals surface area contributed by atoms with Crippen LogP contribution in [0, 0.1) is 11.6 Å². The lowest BCUT2D eigenvalue weighted by molar-refractivity contribution is -0.348. The lowest BCUT2D eigenvalue weighted by atomic mass is 10.1. The van der Waals surface area contributed by atoms with Crippen LogP contribution in [0.2, 0.25) is 0 Å². The zero-order valence-electron chi connectivity index (χ0n) is 16.1. The summed E-state index contributed by atoms with van der Waals surface area (Å²) in [5.41, 5.74) is 9.84. The predicted octanol–water partition coefficient (Wildman–Crippen LogP) is 2.66. The highest BCUT2D eigenvalue weighted by Gasteiger charge is 2.26. The molecule has 0 saturated carbocycles. The van der Waals surface area contributed by atoms with Crippen molar-refractivity contribution in [3.63, 3.8) is 0 Å². The van der Waals surface area contributed by atoms with Gasteiger partial charge in [-0.2, -0.15) is 0 Å². The van der Waals surface area contributed by atoms with Crippen LogP contribution in [0.4, 0.5) is 26.2 Å². The van der Waals surface area contributed by atoms with Gasteiger partial charge in [-0.1, -0.05) is 29.2 Å². The Hall–Kier alpha value is -3.75. The standard InChI is InChI=1S/C21H19F2N7/c22-15-6-5-13(16(23)9-15)10-29-7-8-30(11-14-3-1-2-4-17(14)29)20-18-19(26-12-25-18)27-21(24)28-20/h1-6,9,12H,7-8,10-11H2,(H3,24,25,26,27,28)/p+1. The van der Waals surface area contributed by atoms with E-state index in [1.165, 1.54) is 12.1 Å². The van der Waals surface area contributed by atoms with Crippen molar-refractivity contribution in [2.45, 2.75) is 13.1 Å². The Labute approximate surface area is 171 Å². The molecular weight excluding hydrogens is 388 g/mol. The fourth-order valence-corrected chi connectivity index (χ4v) is 3.92. The summed E-state index contributed by atoms with van der Waals surface area (Å²) < 4.78 is 27.6. The molecule has 30 heavy (non-hydrogen) atoms. The van der Waals surface area contributed by atoms with Crippen molar-refractivity contribution in [1.82, 2.24) is 15.0 Å². The fourth-order valence-electron chi connectivity index (χ4n) is 3.92. The summed E-state index contributed by atoms with van der Waals surface area (Å²) in [5, 5.41) is 0. The molecule has 0 spiro atoms. The highest BCUT2D eigenvalue weighted by Crippen LogP contribution is 2.30. The number of nitrogens with one attached hydrogen (secondary N) is 2. The van der Waals surface area contributed by atoms with Crippen LogP contribution in [-0.2, 0) is 13.1 Å². The van der Waals surface area contributed by atoms with E-state index < -0.39 is 11.6 Å². The molecule has 7 nitrogen and oxygen atoms in total. The average molecular weight is 408 g/mol. The summed E-state index contributed by atoms with van der Waals surface area (Å²) >= 11 is 0. The third-order valence-corrected chi connectivity index (χ3v) is 5.35.